The van der Waals surface area contributed by atoms with E-state index in [0.717, 1.165) is 24.8 Å². The molecular weight excluding hydrogens is 590 g/mol. The SMILES string of the molecule is CCCCN(CCNC(=O)C(=O)O)C(=O)[C@H](CC(=O)NC[C@@H]1CCCN(C=NN)C1)NS(=O)(=O)c1ccc2ccccc2c1. The van der Waals surface area contributed by atoms with Crippen molar-refractivity contribution in [3.05, 3.63) is 42.5 Å². The van der Waals surface area contributed by atoms with Crippen molar-refractivity contribution in [1.82, 2.24) is 25.2 Å². The van der Waals surface area contributed by atoms with Crippen molar-refractivity contribution in [3.63, 3.8) is 0 Å². The minimum Gasteiger partial charge on any atom is -0.474 e. The van der Waals surface area contributed by atoms with Gasteiger partial charge in [0.15, 0.2) is 0 Å². The fraction of sp³-hybridized carbons (Fsp3) is 0.483. The molecule has 0 spiro atoms. The molecule has 1 saturated heterocycles. The summed E-state index contributed by atoms with van der Waals surface area (Å²) < 4.78 is 29.5. The summed E-state index contributed by atoms with van der Waals surface area (Å²) in [5.41, 5.74) is 0. The number of benzene rings is 2. The van der Waals surface area contributed by atoms with Gasteiger partial charge in [0.2, 0.25) is 21.8 Å². The highest BCUT2D eigenvalue weighted by atomic mass is 32.2. The van der Waals surface area contributed by atoms with Crippen LogP contribution in [-0.4, -0.2) is 98.7 Å². The lowest BCUT2D eigenvalue weighted by Crippen LogP contribution is -2.52. The first kappa shape index (κ1) is 34.3. The third kappa shape index (κ3) is 10.2. The van der Waals surface area contributed by atoms with Crippen LogP contribution < -0.4 is 21.2 Å². The van der Waals surface area contributed by atoms with Gasteiger partial charge in [0, 0.05) is 39.3 Å². The number of hydrogen-bond acceptors (Lipinski definition) is 8. The molecule has 0 radical (unpaired) electrons. The van der Waals surface area contributed by atoms with Crippen molar-refractivity contribution in [3.8, 4) is 0 Å². The predicted octanol–water partition coefficient (Wildman–Crippen LogP) is 0.437. The molecule has 1 aliphatic rings. The van der Waals surface area contributed by atoms with Crippen molar-refractivity contribution in [1.29, 1.82) is 0 Å². The molecule has 0 bridgehead atoms. The zero-order valence-corrected chi connectivity index (χ0v) is 25.6. The van der Waals surface area contributed by atoms with Crippen molar-refractivity contribution < 1.29 is 32.7 Å². The van der Waals surface area contributed by atoms with Crippen molar-refractivity contribution in [2.75, 3.05) is 39.3 Å². The first-order valence-electron chi connectivity index (χ1n) is 14.6. The Morgan fingerprint density at radius 1 is 1.14 bits per heavy atom. The zero-order chi connectivity index (χ0) is 32.1. The summed E-state index contributed by atoms with van der Waals surface area (Å²) in [7, 11) is -4.25. The highest BCUT2D eigenvalue weighted by molar-refractivity contribution is 7.89. The topological polar surface area (TPSA) is 204 Å². The molecule has 2 atom stereocenters. The minimum absolute atomic E-state index is 0.0629. The van der Waals surface area contributed by atoms with Gasteiger partial charge in [-0.05, 0) is 48.1 Å². The number of piperidine rings is 1. The minimum atomic E-state index is -4.25. The van der Waals surface area contributed by atoms with Gasteiger partial charge >= 0.3 is 11.9 Å². The van der Waals surface area contributed by atoms with E-state index in [0.29, 0.717) is 31.3 Å². The van der Waals surface area contributed by atoms with Gasteiger partial charge in [-0.15, -0.1) is 0 Å². The molecule has 2 aromatic carbocycles. The molecule has 3 amide bonds. The normalized spacial score (nSPS) is 16.0. The van der Waals surface area contributed by atoms with Gasteiger partial charge in [-0.2, -0.15) is 9.82 Å². The van der Waals surface area contributed by atoms with Crippen LogP contribution in [0.3, 0.4) is 0 Å². The molecule has 240 valence electrons. The number of unbranched alkanes of at least 4 members (excludes halogenated alkanes) is 1. The molecule has 2 aromatic rings. The Bertz CT molecular complexity index is 1450. The molecule has 44 heavy (non-hydrogen) atoms. The number of sulfonamides is 1. The van der Waals surface area contributed by atoms with Crippen molar-refractivity contribution in [2.45, 2.75) is 50.0 Å². The summed E-state index contributed by atoms with van der Waals surface area (Å²) in [5, 5.41) is 19.0. The molecule has 1 aliphatic heterocycles. The molecule has 0 saturated carbocycles. The second-order valence-corrected chi connectivity index (χ2v) is 12.4. The van der Waals surface area contributed by atoms with Crippen molar-refractivity contribution >= 4 is 50.8 Å². The van der Waals surface area contributed by atoms with Crippen LogP contribution in [0.5, 0.6) is 0 Å². The Morgan fingerprint density at radius 2 is 1.89 bits per heavy atom. The maximum absolute atomic E-state index is 13.8. The average molecular weight is 632 g/mol. The van der Waals surface area contributed by atoms with Gasteiger partial charge in [0.1, 0.15) is 12.4 Å². The van der Waals surface area contributed by atoms with Crippen LogP contribution in [0, 0.1) is 5.92 Å². The van der Waals surface area contributed by atoms with Crippen LogP contribution in [0.2, 0.25) is 0 Å². The molecule has 6 N–H and O–H groups in total. The number of likely N-dealkylation sites (tertiary alicyclic amines) is 1. The first-order chi connectivity index (χ1) is 21.0. The number of hydrogen-bond donors (Lipinski definition) is 5. The van der Waals surface area contributed by atoms with E-state index >= 15 is 0 Å². The lowest BCUT2D eigenvalue weighted by Gasteiger charge is -2.31. The van der Waals surface area contributed by atoms with Gasteiger partial charge in [-0.1, -0.05) is 43.7 Å². The standard InChI is InChI=1S/C29H41N7O7S/c1-2-3-14-36(15-12-31-27(38)29(40)41)28(39)25(17-26(37)32-18-21-7-6-13-35(19-21)20-33-30)34-44(42,43)24-11-10-22-8-4-5-9-23(22)16-24/h4-5,8-11,16,20-21,25,34H,2-3,6-7,12-15,17-19,30H2,1H3,(H,31,38)(H,32,37)(H,40,41)/t21-,25-/m0/s1. The second-order valence-electron chi connectivity index (χ2n) is 10.7. The van der Waals surface area contributed by atoms with Crippen LogP contribution in [0.15, 0.2) is 52.5 Å². The van der Waals surface area contributed by atoms with Gasteiger partial charge in [0.25, 0.3) is 0 Å². The van der Waals surface area contributed by atoms with E-state index in [1.54, 1.807) is 24.5 Å². The van der Waals surface area contributed by atoms with E-state index in [1.807, 2.05) is 24.0 Å². The Labute approximate surface area is 257 Å². The van der Waals surface area contributed by atoms with Crippen LogP contribution in [0.4, 0.5) is 0 Å². The molecular formula is C29H41N7O7S. The second kappa shape index (κ2) is 16.6. The number of carbonyl (C=O) groups is 4. The Hall–Kier alpha value is -4.24. The van der Waals surface area contributed by atoms with E-state index in [9.17, 15) is 27.6 Å². The smallest absolute Gasteiger partial charge is 0.394 e. The van der Waals surface area contributed by atoms with Gasteiger partial charge < -0.3 is 31.4 Å². The number of carboxylic acid groups (broad SMARTS) is 1. The molecule has 3 rings (SSSR count). The van der Waals surface area contributed by atoms with Crippen LogP contribution >= 0.6 is 0 Å². The van der Waals surface area contributed by atoms with Crippen molar-refractivity contribution in [2.24, 2.45) is 16.9 Å². The summed E-state index contributed by atoms with van der Waals surface area (Å²) in [6.07, 6.45) is 4.14. The fourth-order valence-corrected chi connectivity index (χ4v) is 6.25. The number of amides is 3. The lowest BCUT2D eigenvalue weighted by atomic mass is 9.98. The van der Waals surface area contributed by atoms with Crippen LogP contribution in [0.1, 0.15) is 39.0 Å². The van der Waals surface area contributed by atoms with E-state index < -0.39 is 46.2 Å². The number of aliphatic carboxylic acids is 1. The third-order valence-electron chi connectivity index (χ3n) is 7.34. The number of nitrogens with two attached hydrogens (primary N) is 1. The fourth-order valence-electron chi connectivity index (χ4n) is 5.03. The highest BCUT2D eigenvalue weighted by Gasteiger charge is 2.32. The number of hydrazone groups is 1. The predicted molar refractivity (Wildman–Crippen MR) is 165 cm³/mol. The lowest BCUT2D eigenvalue weighted by molar-refractivity contribution is -0.150. The van der Waals surface area contributed by atoms with E-state index in [2.05, 4.69) is 20.5 Å². The van der Waals surface area contributed by atoms with Gasteiger partial charge in [0.05, 0.1) is 11.3 Å². The molecule has 1 heterocycles. The number of fused-ring (bicyclic) bond motifs is 1. The molecule has 14 nitrogen and oxygen atoms in total. The Kier molecular flexibility index (Phi) is 12.9. The maximum atomic E-state index is 13.8. The summed E-state index contributed by atoms with van der Waals surface area (Å²) in [6, 6.07) is 10.4. The average Bonchev–Trinajstić information content (AvgIpc) is 3.01. The summed E-state index contributed by atoms with van der Waals surface area (Å²) in [4.78, 5) is 52.5. The van der Waals surface area contributed by atoms with Gasteiger partial charge in [-0.25, -0.2) is 13.2 Å². The van der Waals surface area contributed by atoms with E-state index in [-0.39, 0.29) is 30.4 Å². The quantitative estimate of drug-likeness (QED) is 0.0607. The number of carboxylic acids is 1. The number of nitrogens with zero attached hydrogens (tertiary/aromatic N) is 3. The van der Waals surface area contributed by atoms with E-state index in [4.69, 9.17) is 10.9 Å². The monoisotopic (exact) mass is 631 g/mol. The molecule has 1 fully saturated rings. The molecule has 0 aromatic heterocycles. The number of rotatable bonds is 15. The van der Waals surface area contributed by atoms with Crippen LogP contribution in [-0.2, 0) is 29.2 Å². The zero-order valence-electron chi connectivity index (χ0n) is 24.8. The summed E-state index contributed by atoms with van der Waals surface area (Å²) >= 11 is 0. The Balaban J connectivity index is 1.80. The molecule has 0 unspecified atom stereocenters. The van der Waals surface area contributed by atoms with E-state index in [1.165, 1.54) is 17.0 Å². The van der Waals surface area contributed by atoms with Crippen LogP contribution in [0.25, 0.3) is 10.8 Å². The summed E-state index contributed by atoms with van der Waals surface area (Å²) in [6.45, 7) is 3.66. The highest BCUT2D eigenvalue weighted by Crippen LogP contribution is 2.20. The third-order valence-corrected chi connectivity index (χ3v) is 8.81. The molecule has 15 heteroatoms. The summed E-state index contributed by atoms with van der Waals surface area (Å²) in [5.74, 6) is 1.33. The van der Waals surface area contributed by atoms with Gasteiger partial charge in [-0.3, -0.25) is 14.4 Å². The number of nitrogens with one attached hydrogen (secondary N) is 3. The molecule has 0 aliphatic carbocycles. The maximum Gasteiger partial charge on any atom is 0.394 e. The largest absolute Gasteiger partial charge is 0.474 e. The Morgan fingerprint density at radius 3 is 2.59 bits per heavy atom. The number of carbonyl (C=O) groups excluding carboxylic acids is 3. The first-order valence-corrected chi connectivity index (χ1v) is 16.1.